The van der Waals surface area contributed by atoms with Crippen LogP contribution in [0.25, 0.3) is 22.4 Å². The van der Waals surface area contributed by atoms with Crippen LogP contribution in [0.3, 0.4) is 0 Å². The second-order valence-electron chi connectivity index (χ2n) is 4.36. The first-order chi connectivity index (χ1) is 9.97. The molecule has 0 unspecified atom stereocenters. The van der Waals surface area contributed by atoms with Crippen molar-refractivity contribution in [1.82, 2.24) is 19.5 Å². The van der Waals surface area contributed by atoms with Gasteiger partial charge in [0.05, 0.1) is 0 Å². The Hall–Kier alpha value is -2.54. The van der Waals surface area contributed by atoms with E-state index in [2.05, 4.69) is 15.0 Å². The molecule has 1 N–H and O–H groups in total. The Morgan fingerprint density at radius 3 is 2.52 bits per heavy atom. The smallest absolute Gasteiger partial charge is 0.279 e. The van der Waals surface area contributed by atoms with Crippen molar-refractivity contribution >= 4 is 22.8 Å². The van der Waals surface area contributed by atoms with Gasteiger partial charge in [-0.05, 0) is 24.3 Å². The summed E-state index contributed by atoms with van der Waals surface area (Å²) in [5.74, 6) is -0.399. The molecule has 8 heteroatoms. The lowest BCUT2D eigenvalue weighted by molar-refractivity contribution is 0.628. The Balaban J connectivity index is 2.36. The minimum Gasteiger partial charge on any atom is -0.279 e. The third-order valence-electron chi connectivity index (χ3n) is 3.01. The largest absolute Gasteiger partial charge is 0.329 e. The molecule has 0 fully saturated rings. The van der Waals surface area contributed by atoms with Crippen LogP contribution in [0, 0.1) is 5.82 Å². The molecule has 0 spiro atoms. The van der Waals surface area contributed by atoms with E-state index in [4.69, 9.17) is 11.6 Å². The first-order valence-electron chi connectivity index (χ1n) is 5.90. The molecule has 0 saturated carbocycles. The van der Waals surface area contributed by atoms with E-state index in [1.165, 1.54) is 31.3 Å². The van der Waals surface area contributed by atoms with E-state index in [0.29, 0.717) is 5.56 Å². The Kier molecular flexibility index (Phi) is 3.06. The Labute approximate surface area is 121 Å². The van der Waals surface area contributed by atoms with Gasteiger partial charge in [-0.2, -0.15) is 0 Å². The highest BCUT2D eigenvalue weighted by molar-refractivity contribution is 6.32. The highest BCUT2D eigenvalue weighted by Gasteiger charge is 2.14. The van der Waals surface area contributed by atoms with Gasteiger partial charge >= 0.3 is 5.69 Å². The van der Waals surface area contributed by atoms with Crippen molar-refractivity contribution in [3.05, 3.63) is 56.1 Å². The number of nitrogens with one attached hydrogen (secondary N) is 1. The van der Waals surface area contributed by atoms with E-state index in [-0.39, 0.29) is 22.0 Å². The normalized spacial score (nSPS) is 11.0. The van der Waals surface area contributed by atoms with Crippen LogP contribution < -0.4 is 11.2 Å². The van der Waals surface area contributed by atoms with Gasteiger partial charge in [0.2, 0.25) is 0 Å². The van der Waals surface area contributed by atoms with Gasteiger partial charge < -0.3 is 0 Å². The van der Waals surface area contributed by atoms with Crippen molar-refractivity contribution < 1.29 is 4.39 Å². The molecule has 0 saturated heterocycles. The number of rotatable bonds is 1. The van der Waals surface area contributed by atoms with Crippen molar-refractivity contribution in [2.24, 2.45) is 7.05 Å². The summed E-state index contributed by atoms with van der Waals surface area (Å²) in [5.41, 5.74) is -0.425. The molecule has 0 amide bonds. The minimum absolute atomic E-state index is 0.0131. The molecule has 6 nitrogen and oxygen atoms in total. The van der Waals surface area contributed by atoms with Crippen LogP contribution in [0.1, 0.15) is 0 Å². The summed E-state index contributed by atoms with van der Waals surface area (Å²) in [4.78, 5) is 33.7. The Morgan fingerprint density at radius 1 is 1.19 bits per heavy atom. The maximum atomic E-state index is 13.0. The van der Waals surface area contributed by atoms with E-state index in [0.717, 1.165) is 4.57 Å². The fraction of sp³-hybridized carbons (Fsp3) is 0.0769. The second-order valence-corrected chi connectivity index (χ2v) is 4.72. The monoisotopic (exact) mass is 306 g/mol. The molecule has 21 heavy (non-hydrogen) atoms. The van der Waals surface area contributed by atoms with Crippen LogP contribution in [-0.4, -0.2) is 19.5 Å². The van der Waals surface area contributed by atoms with Gasteiger partial charge in [-0.3, -0.25) is 14.3 Å². The van der Waals surface area contributed by atoms with Crippen molar-refractivity contribution in [1.29, 1.82) is 0 Å². The van der Waals surface area contributed by atoms with E-state index >= 15 is 0 Å². The number of aromatic nitrogens is 4. The van der Waals surface area contributed by atoms with E-state index in [9.17, 15) is 14.0 Å². The van der Waals surface area contributed by atoms with Crippen LogP contribution in [0.15, 0.2) is 33.9 Å². The van der Waals surface area contributed by atoms with Gasteiger partial charge in [0, 0.05) is 12.6 Å². The van der Waals surface area contributed by atoms with E-state index in [1.54, 1.807) is 0 Å². The number of aryl methyl sites for hydroxylation is 1. The zero-order valence-electron chi connectivity index (χ0n) is 10.7. The quantitative estimate of drug-likeness (QED) is 0.738. The van der Waals surface area contributed by atoms with Crippen LogP contribution in [0.2, 0.25) is 5.15 Å². The first-order valence-corrected chi connectivity index (χ1v) is 6.27. The van der Waals surface area contributed by atoms with Crippen LogP contribution in [0.5, 0.6) is 0 Å². The summed E-state index contributed by atoms with van der Waals surface area (Å²) < 4.78 is 14.1. The topological polar surface area (TPSA) is 80.6 Å². The lowest BCUT2D eigenvalue weighted by Crippen LogP contribution is -2.29. The Bertz CT molecular complexity index is 963. The number of aromatic amines is 1. The Morgan fingerprint density at radius 2 is 1.86 bits per heavy atom. The van der Waals surface area contributed by atoms with E-state index < -0.39 is 17.1 Å². The third kappa shape index (κ3) is 2.21. The number of fused-ring (bicyclic) bond motifs is 1. The SMILES string of the molecule is Cn1c(=O)[nH]c(=O)c2nc(-c3ccc(F)cc3)c(Cl)nc21. The molecular weight excluding hydrogens is 299 g/mol. The molecule has 0 aliphatic rings. The van der Waals surface area contributed by atoms with Crippen LogP contribution in [0.4, 0.5) is 4.39 Å². The van der Waals surface area contributed by atoms with E-state index in [1.807, 2.05) is 0 Å². The number of hydrogen-bond acceptors (Lipinski definition) is 4. The molecule has 0 aliphatic heterocycles. The summed E-state index contributed by atoms with van der Waals surface area (Å²) in [6.07, 6.45) is 0. The first kappa shape index (κ1) is 13.4. The molecule has 0 aliphatic carbocycles. The number of halogens is 2. The molecule has 0 bridgehead atoms. The lowest BCUT2D eigenvalue weighted by Gasteiger charge is -2.07. The third-order valence-corrected chi connectivity index (χ3v) is 3.27. The molecule has 2 heterocycles. The highest BCUT2D eigenvalue weighted by atomic mass is 35.5. The predicted octanol–water partition coefficient (Wildman–Crippen LogP) is 1.48. The van der Waals surface area contributed by atoms with Gasteiger partial charge in [0.1, 0.15) is 11.5 Å². The molecule has 3 rings (SSSR count). The van der Waals surface area contributed by atoms with Crippen molar-refractivity contribution in [3.8, 4) is 11.3 Å². The summed E-state index contributed by atoms with van der Waals surface area (Å²) in [6, 6.07) is 5.46. The van der Waals surface area contributed by atoms with Gasteiger partial charge in [-0.15, -0.1) is 0 Å². The zero-order chi connectivity index (χ0) is 15.1. The molecular formula is C13H8ClFN4O2. The van der Waals surface area contributed by atoms with Crippen molar-refractivity contribution in [3.63, 3.8) is 0 Å². The number of nitrogens with zero attached hydrogens (tertiary/aromatic N) is 3. The molecule has 2 aromatic heterocycles. The minimum atomic E-state index is -0.652. The number of hydrogen-bond donors (Lipinski definition) is 1. The summed E-state index contributed by atoms with van der Waals surface area (Å²) in [7, 11) is 1.45. The van der Waals surface area contributed by atoms with Gasteiger partial charge in [-0.25, -0.2) is 19.2 Å². The summed E-state index contributed by atoms with van der Waals surface area (Å²) >= 11 is 6.06. The number of H-pyrrole nitrogens is 1. The van der Waals surface area contributed by atoms with Gasteiger partial charge in [-0.1, -0.05) is 11.6 Å². The molecule has 0 atom stereocenters. The summed E-state index contributed by atoms with van der Waals surface area (Å²) in [5, 5.41) is 0.0229. The average molecular weight is 307 g/mol. The molecule has 106 valence electrons. The zero-order valence-corrected chi connectivity index (χ0v) is 11.5. The lowest BCUT2D eigenvalue weighted by atomic mass is 10.1. The maximum absolute atomic E-state index is 13.0. The van der Waals surface area contributed by atoms with Crippen LogP contribution >= 0.6 is 11.6 Å². The molecule has 1 aromatic carbocycles. The van der Waals surface area contributed by atoms with Gasteiger partial charge in [0.25, 0.3) is 5.56 Å². The average Bonchev–Trinajstić information content (AvgIpc) is 2.45. The molecule has 3 aromatic rings. The fourth-order valence-corrected chi connectivity index (χ4v) is 2.15. The second kappa shape index (κ2) is 4.78. The number of benzene rings is 1. The van der Waals surface area contributed by atoms with Crippen molar-refractivity contribution in [2.45, 2.75) is 0 Å². The standard InChI is InChI=1S/C13H8ClFN4O2/c1-19-11-9(12(20)18-13(19)21)16-8(10(14)17-11)6-2-4-7(15)5-3-6/h2-5H,1H3,(H,18,20,21). The summed E-state index contributed by atoms with van der Waals surface area (Å²) in [6.45, 7) is 0. The van der Waals surface area contributed by atoms with Crippen molar-refractivity contribution in [2.75, 3.05) is 0 Å². The van der Waals surface area contributed by atoms with Crippen LogP contribution in [-0.2, 0) is 7.05 Å². The van der Waals surface area contributed by atoms with Gasteiger partial charge in [0.15, 0.2) is 16.3 Å². The molecule has 0 radical (unpaired) electrons. The predicted molar refractivity (Wildman–Crippen MR) is 75.8 cm³/mol. The fourth-order valence-electron chi connectivity index (χ4n) is 1.92. The highest BCUT2D eigenvalue weighted by Crippen LogP contribution is 2.25. The maximum Gasteiger partial charge on any atom is 0.329 e.